The lowest BCUT2D eigenvalue weighted by molar-refractivity contribution is -0.236. The van der Waals surface area contributed by atoms with Gasteiger partial charge in [0.1, 0.15) is 18.2 Å². The number of carbonyl (C=O) groups excluding carboxylic acids is 1. The number of benzene rings is 2. The van der Waals surface area contributed by atoms with Gasteiger partial charge in [0, 0.05) is 6.54 Å². The van der Waals surface area contributed by atoms with Crippen LogP contribution in [0.1, 0.15) is 44.9 Å². The van der Waals surface area contributed by atoms with Gasteiger partial charge in [0.25, 0.3) is 0 Å². The van der Waals surface area contributed by atoms with Crippen molar-refractivity contribution in [1.82, 2.24) is 4.90 Å². The van der Waals surface area contributed by atoms with Gasteiger partial charge in [-0.1, -0.05) is 60.7 Å². The summed E-state index contributed by atoms with van der Waals surface area (Å²) in [6, 6.07) is 19.1. The second-order valence-electron chi connectivity index (χ2n) is 10.6. The second-order valence-corrected chi connectivity index (χ2v) is 10.6. The molecule has 2 aromatic carbocycles. The molecule has 0 unspecified atom stereocenters. The molecule has 8 heteroatoms. The zero-order valence-corrected chi connectivity index (χ0v) is 21.5. The largest absolute Gasteiger partial charge is 0.455 e. The summed E-state index contributed by atoms with van der Waals surface area (Å²) in [5.74, 6) is -1.98. The Labute approximate surface area is 212 Å². The van der Waals surface area contributed by atoms with Crippen molar-refractivity contribution >= 4 is 5.97 Å². The standard InChI is InChI=1S/C28H35NO7/c1-27(2)31-17-20(34-27)22-23(24-26(33-22)36-28(3,4)35-24)32-25(30)21(19-14-10-7-11-15-19)29(5)16-18-12-8-6-9-13-18/h6-15,20-24,26H,16-17H2,1-5H3/t20-,21+,22-,23+,24-,26-/m1/s1. The highest BCUT2D eigenvalue weighted by molar-refractivity contribution is 5.78. The maximum absolute atomic E-state index is 13.9. The molecule has 0 aromatic heterocycles. The third-order valence-electron chi connectivity index (χ3n) is 6.73. The Balaban J connectivity index is 1.40. The van der Waals surface area contributed by atoms with Crippen molar-refractivity contribution in [2.45, 2.75) is 82.6 Å². The first-order valence-electron chi connectivity index (χ1n) is 12.4. The number of carbonyl (C=O) groups is 1. The fourth-order valence-corrected chi connectivity index (χ4v) is 5.18. The molecule has 8 nitrogen and oxygen atoms in total. The molecule has 0 spiro atoms. The van der Waals surface area contributed by atoms with Gasteiger partial charge in [-0.05, 0) is 45.9 Å². The van der Waals surface area contributed by atoms with Crippen LogP contribution >= 0.6 is 0 Å². The summed E-state index contributed by atoms with van der Waals surface area (Å²) in [5.41, 5.74) is 1.95. The summed E-state index contributed by atoms with van der Waals surface area (Å²) in [7, 11) is 1.92. The van der Waals surface area contributed by atoms with Gasteiger partial charge in [-0.2, -0.15) is 0 Å². The predicted molar refractivity (Wildman–Crippen MR) is 131 cm³/mol. The van der Waals surface area contributed by atoms with E-state index in [2.05, 4.69) is 0 Å². The molecule has 6 atom stereocenters. The average molecular weight is 498 g/mol. The minimum atomic E-state index is -0.847. The van der Waals surface area contributed by atoms with E-state index in [1.807, 2.05) is 100 Å². The van der Waals surface area contributed by atoms with E-state index in [0.717, 1.165) is 11.1 Å². The molecule has 0 saturated carbocycles. The Bertz CT molecular complexity index is 1040. The molecule has 0 amide bonds. The summed E-state index contributed by atoms with van der Waals surface area (Å²) in [5, 5.41) is 0. The SMILES string of the molecule is CN(Cc1ccccc1)[C@H](C(=O)O[C@@H]1[C@H]2OC(C)(C)O[C@H]2O[C@@H]1[C@H]1COC(C)(C)O1)c1ccccc1. The van der Waals surface area contributed by atoms with Crippen LogP contribution in [0, 0.1) is 0 Å². The molecule has 36 heavy (non-hydrogen) atoms. The second kappa shape index (κ2) is 9.85. The van der Waals surface area contributed by atoms with E-state index < -0.39 is 48.3 Å². The molecule has 2 aromatic rings. The first-order valence-corrected chi connectivity index (χ1v) is 12.4. The molecule has 0 bridgehead atoms. The Hall–Kier alpha value is -2.33. The van der Waals surface area contributed by atoms with Crippen molar-refractivity contribution in [3.05, 3.63) is 71.8 Å². The van der Waals surface area contributed by atoms with E-state index in [-0.39, 0.29) is 5.97 Å². The highest BCUT2D eigenvalue weighted by Gasteiger charge is 2.60. The van der Waals surface area contributed by atoms with Crippen LogP contribution in [0.2, 0.25) is 0 Å². The van der Waals surface area contributed by atoms with Crippen LogP contribution in [-0.4, -0.2) is 66.8 Å². The highest BCUT2D eigenvalue weighted by atomic mass is 16.8. The van der Waals surface area contributed by atoms with Crippen LogP contribution in [0.25, 0.3) is 0 Å². The van der Waals surface area contributed by atoms with Crippen LogP contribution in [0.3, 0.4) is 0 Å². The van der Waals surface area contributed by atoms with E-state index in [9.17, 15) is 4.79 Å². The molecule has 3 aliphatic heterocycles. The van der Waals surface area contributed by atoms with Crippen LogP contribution in [-0.2, 0) is 39.8 Å². The topological polar surface area (TPSA) is 75.7 Å². The van der Waals surface area contributed by atoms with Crippen LogP contribution in [0.15, 0.2) is 60.7 Å². The number of fused-ring (bicyclic) bond motifs is 1. The minimum absolute atomic E-state index is 0.324. The zero-order chi connectivity index (χ0) is 25.5. The minimum Gasteiger partial charge on any atom is -0.455 e. The molecular weight excluding hydrogens is 462 g/mol. The molecule has 194 valence electrons. The maximum atomic E-state index is 13.9. The number of hydrogen-bond acceptors (Lipinski definition) is 8. The first kappa shape index (κ1) is 25.3. The summed E-state index contributed by atoms with van der Waals surface area (Å²) < 4.78 is 36.4. The molecule has 5 rings (SSSR count). The van der Waals surface area contributed by atoms with Crippen molar-refractivity contribution in [2.75, 3.05) is 13.7 Å². The third-order valence-corrected chi connectivity index (χ3v) is 6.73. The van der Waals surface area contributed by atoms with Crippen molar-refractivity contribution < 1.29 is 33.2 Å². The highest BCUT2D eigenvalue weighted by Crippen LogP contribution is 2.42. The van der Waals surface area contributed by atoms with Gasteiger partial charge in [-0.25, -0.2) is 4.79 Å². The van der Waals surface area contributed by atoms with Gasteiger partial charge >= 0.3 is 5.97 Å². The van der Waals surface area contributed by atoms with Gasteiger partial charge in [-0.3, -0.25) is 4.90 Å². The molecule has 0 aliphatic carbocycles. The van der Waals surface area contributed by atoms with Crippen LogP contribution in [0.5, 0.6) is 0 Å². The fraction of sp³-hybridized carbons (Fsp3) is 0.536. The fourth-order valence-electron chi connectivity index (χ4n) is 5.18. The normalized spacial score (nSPS) is 31.3. The zero-order valence-electron chi connectivity index (χ0n) is 21.5. The van der Waals surface area contributed by atoms with Gasteiger partial charge in [0.2, 0.25) is 0 Å². The number of rotatable bonds is 7. The van der Waals surface area contributed by atoms with Gasteiger partial charge in [0.05, 0.1) is 6.61 Å². The lowest BCUT2D eigenvalue weighted by Gasteiger charge is -2.32. The number of hydrogen-bond donors (Lipinski definition) is 0. The molecule has 0 N–H and O–H groups in total. The summed E-state index contributed by atoms with van der Waals surface area (Å²) in [4.78, 5) is 15.9. The van der Waals surface area contributed by atoms with Crippen molar-refractivity contribution in [3.63, 3.8) is 0 Å². The number of ether oxygens (including phenoxy) is 6. The summed E-state index contributed by atoms with van der Waals surface area (Å²) in [6.07, 6.45) is -2.96. The molecule has 3 aliphatic rings. The molecule has 3 saturated heterocycles. The Morgan fingerprint density at radius 3 is 2.25 bits per heavy atom. The smallest absolute Gasteiger partial charge is 0.328 e. The maximum Gasteiger partial charge on any atom is 0.328 e. The van der Waals surface area contributed by atoms with Crippen molar-refractivity contribution in [3.8, 4) is 0 Å². The lowest BCUT2D eigenvalue weighted by Crippen LogP contribution is -2.46. The number of nitrogens with zero attached hydrogens (tertiary/aromatic N) is 1. The Morgan fingerprint density at radius 1 is 0.944 bits per heavy atom. The van der Waals surface area contributed by atoms with Crippen LogP contribution < -0.4 is 0 Å². The van der Waals surface area contributed by atoms with Crippen molar-refractivity contribution in [1.29, 1.82) is 0 Å². The first-order chi connectivity index (χ1) is 17.1. The third kappa shape index (κ3) is 5.34. The van der Waals surface area contributed by atoms with Crippen molar-refractivity contribution in [2.24, 2.45) is 0 Å². The molecule has 3 fully saturated rings. The van der Waals surface area contributed by atoms with E-state index in [0.29, 0.717) is 13.2 Å². The summed E-state index contributed by atoms with van der Waals surface area (Å²) in [6.45, 7) is 8.24. The van der Waals surface area contributed by atoms with E-state index in [1.165, 1.54) is 0 Å². The van der Waals surface area contributed by atoms with Gasteiger partial charge in [-0.15, -0.1) is 0 Å². The predicted octanol–water partition coefficient (Wildman–Crippen LogP) is 3.80. The number of likely N-dealkylation sites (N-methyl/N-ethyl adjacent to an activating group) is 1. The summed E-state index contributed by atoms with van der Waals surface area (Å²) >= 11 is 0. The molecular formula is C28H35NO7. The van der Waals surface area contributed by atoms with Gasteiger partial charge < -0.3 is 28.4 Å². The quantitative estimate of drug-likeness (QED) is 0.535. The van der Waals surface area contributed by atoms with Crippen LogP contribution in [0.4, 0.5) is 0 Å². The molecule has 3 heterocycles. The van der Waals surface area contributed by atoms with E-state index >= 15 is 0 Å². The average Bonchev–Trinajstić information content (AvgIpc) is 3.44. The van der Waals surface area contributed by atoms with Gasteiger partial charge in [0.15, 0.2) is 30.1 Å². The molecule has 0 radical (unpaired) electrons. The van der Waals surface area contributed by atoms with E-state index in [1.54, 1.807) is 0 Å². The Kier molecular flexibility index (Phi) is 6.93. The number of esters is 1. The Morgan fingerprint density at radius 2 is 1.61 bits per heavy atom. The monoisotopic (exact) mass is 497 g/mol. The van der Waals surface area contributed by atoms with E-state index in [4.69, 9.17) is 28.4 Å². The lowest BCUT2D eigenvalue weighted by atomic mass is 10.0.